The number of aromatic nitrogens is 1. The summed E-state index contributed by atoms with van der Waals surface area (Å²) in [6.45, 7) is 3.99. The number of carbonyl (C=O) groups excluding carboxylic acids is 2. The van der Waals surface area contributed by atoms with Crippen LogP contribution >= 0.6 is 7.60 Å². The van der Waals surface area contributed by atoms with Gasteiger partial charge in [-0.25, -0.2) is 5.48 Å². The second kappa shape index (κ2) is 15.8. The SMILES string of the molecule is CC(C)C[C@H](NC(CCc1ccccc1)P(=O)(O)O)C(=O)N[C@@H](Cc1c[nH]c2ccccc12)C(=O)NOCc1ccccc1. The summed E-state index contributed by atoms with van der Waals surface area (Å²) in [7, 11) is -4.62. The van der Waals surface area contributed by atoms with Crippen LogP contribution in [0.15, 0.2) is 91.1 Å². The molecule has 0 fully saturated rings. The minimum Gasteiger partial charge on any atom is -0.361 e. The highest BCUT2D eigenvalue weighted by Gasteiger charge is 2.34. The molecule has 2 amide bonds. The summed E-state index contributed by atoms with van der Waals surface area (Å²) in [5.74, 6) is -2.29. The quantitative estimate of drug-likeness (QED) is 0.0792. The number of hydroxylamine groups is 1. The van der Waals surface area contributed by atoms with Crippen molar-refractivity contribution in [2.24, 2.45) is 5.92 Å². The van der Waals surface area contributed by atoms with Crippen LogP contribution in [-0.2, 0) is 38.4 Å². The van der Waals surface area contributed by atoms with Gasteiger partial charge in [-0.1, -0.05) is 92.7 Å². The van der Waals surface area contributed by atoms with E-state index in [4.69, 9.17) is 4.84 Å². The van der Waals surface area contributed by atoms with Gasteiger partial charge in [-0.15, -0.1) is 0 Å². The molecule has 0 radical (unpaired) electrons. The molecule has 0 aliphatic heterocycles. The van der Waals surface area contributed by atoms with E-state index in [1.807, 2.05) is 98.8 Å². The summed E-state index contributed by atoms with van der Waals surface area (Å²) in [5, 5.41) is 6.71. The van der Waals surface area contributed by atoms with Gasteiger partial charge < -0.3 is 20.1 Å². The minimum absolute atomic E-state index is 0.0277. The Kier molecular flexibility index (Phi) is 11.9. The van der Waals surface area contributed by atoms with Crippen molar-refractivity contribution < 1.29 is 28.8 Å². The number of aromatic amines is 1. The number of hydrogen-bond donors (Lipinski definition) is 6. The van der Waals surface area contributed by atoms with Crippen LogP contribution in [0.4, 0.5) is 0 Å². The molecule has 0 aliphatic carbocycles. The molecule has 0 aliphatic rings. The van der Waals surface area contributed by atoms with Crippen LogP contribution in [0.5, 0.6) is 0 Å². The second-order valence-corrected chi connectivity index (χ2v) is 13.1. The third kappa shape index (κ3) is 9.87. The van der Waals surface area contributed by atoms with Crippen LogP contribution in [0.3, 0.4) is 0 Å². The summed E-state index contributed by atoms with van der Waals surface area (Å²) in [4.78, 5) is 56.2. The first-order valence-corrected chi connectivity index (χ1v) is 16.4. The minimum atomic E-state index is -4.62. The molecule has 0 bridgehead atoms. The van der Waals surface area contributed by atoms with Crippen molar-refractivity contribution in [2.45, 2.75) is 64.0 Å². The molecule has 3 atom stereocenters. The van der Waals surface area contributed by atoms with E-state index >= 15 is 0 Å². The van der Waals surface area contributed by atoms with Gasteiger partial charge in [0.15, 0.2) is 0 Å². The Hall–Kier alpha value is -3.79. The number of benzene rings is 3. The van der Waals surface area contributed by atoms with E-state index in [-0.39, 0.29) is 25.4 Å². The molecule has 4 rings (SSSR count). The Morgan fingerprint density at radius 1 is 0.864 bits per heavy atom. The van der Waals surface area contributed by atoms with Gasteiger partial charge in [0.2, 0.25) is 5.91 Å². The van der Waals surface area contributed by atoms with E-state index in [0.717, 1.165) is 27.6 Å². The Morgan fingerprint density at radius 2 is 1.50 bits per heavy atom. The number of hydrogen-bond acceptors (Lipinski definition) is 5. The fourth-order valence-corrected chi connectivity index (χ4v) is 5.93. The molecule has 0 saturated carbocycles. The van der Waals surface area contributed by atoms with Gasteiger partial charge in [-0.3, -0.25) is 24.3 Å². The number of nitrogens with one attached hydrogen (secondary N) is 4. The summed E-state index contributed by atoms with van der Waals surface area (Å²) < 4.78 is 12.5. The molecule has 234 valence electrons. The van der Waals surface area contributed by atoms with E-state index in [1.54, 1.807) is 6.20 Å². The maximum atomic E-state index is 13.8. The van der Waals surface area contributed by atoms with Crippen molar-refractivity contribution in [3.05, 3.63) is 108 Å². The zero-order chi connectivity index (χ0) is 31.5. The first kappa shape index (κ1) is 33.1. The molecule has 1 aromatic heterocycles. The molecule has 10 nitrogen and oxygen atoms in total. The number of aryl methyl sites for hydroxylation is 1. The average molecular weight is 621 g/mol. The number of fused-ring (bicyclic) bond motifs is 1. The summed E-state index contributed by atoms with van der Waals surface area (Å²) in [6, 6.07) is 24.4. The van der Waals surface area contributed by atoms with Crippen LogP contribution in [0, 0.1) is 5.92 Å². The van der Waals surface area contributed by atoms with Gasteiger partial charge in [0.25, 0.3) is 5.91 Å². The predicted molar refractivity (Wildman–Crippen MR) is 170 cm³/mol. The third-order valence-electron chi connectivity index (χ3n) is 7.36. The molecule has 3 aromatic carbocycles. The lowest BCUT2D eigenvalue weighted by molar-refractivity contribution is -0.139. The fourth-order valence-electron chi connectivity index (χ4n) is 5.09. The molecular formula is C33H41N4O6P. The Labute approximate surface area is 257 Å². The van der Waals surface area contributed by atoms with E-state index in [1.165, 1.54) is 0 Å². The van der Waals surface area contributed by atoms with Crippen LogP contribution in [0.1, 0.15) is 43.4 Å². The van der Waals surface area contributed by atoms with Crippen LogP contribution in [0.2, 0.25) is 0 Å². The highest BCUT2D eigenvalue weighted by Crippen LogP contribution is 2.42. The van der Waals surface area contributed by atoms with Crippen molar-refractivity contribution in [1.82, 2.24) is 21.1 Å². The lowest BCUT2D eigenvalue weighted by atomic mass is 10.0. The summed E-state index contributed by atoms with van der Waals surface area (Å²) in [5.41, 5.74) is 6.00. The van der Waals surface area contributed by atoms with E-state index in [2.05, 4.69) is 21.1 Å². The summed E-state index contributed by atoms with van der Waals surface area (Å²) in [6.07, 6.45) is 2.83. The molecule has 0 saturated heterocycles. The first-order chi connectivity index (χ1) is 21.1. The number of rotatable bonds is 16. The molecular weight excluding hydrogens is 579 g/mol. The van der Waals surface area contributed by atoms with Crippen LogP contribution < -0.4 is 16.1 Å². The molecule has 44 heavy (non-hydrogen) atoms. The van der Waals surface area contributed by atoms with E-state index < -0.39 is 37.3 Å². The Morgan fingerprint density at radius 3 is 2.16 bits per heavy atom. The highest BCUT2D eigenvalue weighted by atomic mass is 31.2. The zero-order valence-electron chi connectivity index (χ0n) is 25.0. The summed E-state index contributed by atoms with van der Waals surface area (Å²) >= 11 is 0. The lowest BCUT2D eigenvalue weighted by Gasteiger charge is -2.28. The second-order valence-electron chi connectivity index (χ2n) is 11.3. The standard InChI is InChI=1S/C33H41N4O6P/c1-23(2)19-29(35-31(44(40,41)42)18-17-24-11-5-3-6-12-24)32(38)36-30(20-26-21-34-28-16-10-9-15-27(26)28)33(39)37-43-22-25-13-7-4-8-14-25/h3-16,21,23,29-31,34-35H,17-20,22H2,1-2H3,(H,36,38)(H,37,39)(H2,40,41,42)/t29-,30-,31?/m0/s1. The highest BCUT2D eigenvalue weighted by molar-refractivity contribution is 7.52. The number of para-hydroxylation sites is 1. The van der Waals surface area contributed by atoms with Gasteiger partial charge in [0.05, 0.1) is 12.6 Å². The van der Waals surface area contributed by atoms with Crippen molar-refractivity contribution >= 4 is 30.3 Å². The average Bonchev–Trinajstić information content (AvgIpc) is 3.41. The largest absolute Gasteiger partial charge is 0.361 e. The van der Waals surface area contributed by atoms with Crippen molar-refractivity contribution in [3.63, 3.8) is 0 Å². The molecule has 6 N–H and O–H groups in total. The van der Waals surface area contributed by atoms with Crippen molar-refractivity contribution in [2.75, 3.05) is 0 Å². The monoisotopic (exact) mass is 620 g/mol. The van der Waals surface area contributed by atoms with Gasteiger partial charge in [0.1, 0.15) is 11.8 Å². The molecule has 4 aromatic rings. The molecule has 1 unspecified atom stereocenters. The smallest absolute Gasteiger partial charge is 0.342 e. The third-order valence-corrected chi connectivity index (χ3v) is 8.58. The zero-order valence-corrected chi connectivity index (χ0v) is 25.9. The first-order valence-electron chi connectivity index (χ1n) is 14.8. The lowest BCUT2D eigenvalue weighted by Crippen LogP contribution is -2.55. The normalized spacial score (nSPS) is 13.8. The maximum absolute atomic E-state index is 13.8. The van der Waals surface area contributed by atoms with E-state index in [0.29, 0.717) is 12.8 Å². The molecule has 0 spiro atoms. The van der Waals surface area contributed by atoms with Gasteiger partial charge in [-0.05, 0) is 47.9 Å². The number of H-pyrrole nitrogens is 1. The van der Waals surface area contributed by atoms with Gasteiger partial charge >= 0.3 is 7.60 Å². The van der Waals surface area contributed by atoms with Crippen LogP contribution in [-0.4, -0.2) is 44.5 Å². The Balaban J connectivity index is 1.51. The van der Waals surface area contributed by atoms with Crippen molar-refractivity contribution in [3.8, 4) is 0 Å². The maximum Gasteiger partial charge on any atom is 0.342 e. The van der Waals surface area contributed by atoms with Gasteiger partial charge in [-0.2, -0.15) is 0 Å². The van der Waals surface area contributed by atoms with Crippen molar-refractivity contribution in [1.29, 1.82) is 0 Å². The number of amides is 2. The molecule has 11 heteroatoms. The Bertz CT molecular complexity index is 1540. The predicted octanol–water partition coefficient (Wildman–Crippen LogP) is 4.58. The van der Waals surface area contributed by atoms with Crippen LogP contribution in [0.25, 0.3) is 10.9 Å². The van der Waals surface area contributed by atoms with Gasteiger partial charge in [0, 0.05) is 23.5 Å². The topological polar surface area (TPSA) is 153 Å². The number of carbonyl (C=O) groups is 2. The fraction of sp³-hybridized carbons (Fsp3) is 0.333. The van der Waals surface area contributed by atoms with E-state index in [9.17, 15) is 23.9 Å². The molecule has 1 heterocycles.